The van der Waals surface area contributed by atoms with Gasteiger partial charge in [-0.1, -0.05) is 12.1 Å². The zero-order valence-corrected chi connectivity index (χ0v) is 9.88. The van der Waals surface area contributed by atoms with E-state index < -0.39 is 0 Å². The van der Waals surface area contributed by atoms with Crippen LogP contribution >= 0.6 is 12.6 Å². The number of nitrogens with one attached hydrogen (secondary N) is 2. The van der Waals surface area contributed by atoms with Gasteiger partial charge in [-0.2, -0.15) is 0 Å². The monoisotopic (exact) mass is 238 g/mol. The van der Waals surface area contributed by atoms with Gasteiger partial charge in [0.1, 0.15) is 0 Å². The Kier molecular flexibility index (Phi) is 4.85. The predicted molar refractivity (Wildman–Crippen MR) is 64.7 cm³/mol. The molecule has 0 fully saturated rings. The van der Waals surface area contributed by atoms with Gasteiger partial charge in [-0.3, -0.25) is 9.59 Å². The molecule has 0 aliphatic carbocycles. The number of rotatable bonds is 4. The van der Waals surface area contributed by atoms with Crippen LogP contribution in [0.1, 0.15) is 17.3 Å². The van der Waals surface area contributed by atoms with Crippen molar-refractivity contribution in [2.75, 3.05) is 13.1 Å². The number of thiol groups is 1. The second kappa shape index (κ2) is 6.17. The van der Waals surface area contributed by atoms with E-state index in [2.05, 4.69) is 23.3 Å². The molecular formula is C11H14N2O2S. The lowest BCUT2D eigenvalue weighted by Gasteiger charge is -2.06. The summed E-state index contributed by atoms with van der Waals surface area (Å²) in [7, 11) is 0. The molecule has 0 heterocycles. The zero-order chi connectivity index (χ0) is 12.0. The van der Waals surface area contributed by atoms with Gasteiger partial charge in [0.25, 0.3) is 5.91 Å². The standard InChI is InChI=1S/C11H14N2O2S/c1-2-12-10(14)7-13-11(15)8-5-3-4-6-9(8)16/h3-6,16H,2,7H2,1H3,(H,12,14)(H,13,15). The van der Waals surface area contributed by atoms with Crippen LogP contribution in [-0.4, -0.2) is 24.9 Å². The van der Waals surface area contributed by atoms with Gasteiger partial charge in [0, 0.05) is 11.4 Å². The molecule has 86 valence electrons. The molecule has 0 atom stereocenters. The smallest absolute Gasteiger partial charge is 0.252 e. The molecule has 0 saturated carbocycles. The first-order chi connectivity index (χ1) is 7.65. The van der Waals surface area contributed by atoms with Gasteiger partial charge >= 0.3 is 0 Å². The third-order valence-corrected chi connectivity index (χ3v) is 2.32. The van der Waals surface area contributed by atoms with Gasteiger partial charge in [0.15, 0.2) is 0 Å². The number of benzene rings is 1. The molecule has 0 unspecified atom stereocenters. The average Bonchev–Trinajstić information content (AvgIpc) is 2.27. The normalized spacial score (nSPS) is 9.62. The number of hydrogen-bond donors (Lipinski definition) is 3. The maximum Gasteiger partial charge on any atom is 0.252 e. The number of amides is 2. The van der Waals surface area contributed by atoms with Crippen molar-refractivity contribution in [2.24, 2.45) is 0 Å². The van der Waals surface area contributed by atoms with Gasteiger partial charge < -0.3 is 10.6 Å². The van der Waals surface area contributed by atoms with E-state index >= 15 is 0 Å². The van der Waals surface area contributed by atoms with Crippen molar-refractivity contribution in [3.63, 3.8) is 0 Å². The summed E-state index contributed by atoms with van der Waals surface area (Å²) < 4.78 is 0. The van der Waals surface area contributed by atoms with Crippen molar-refractivity contribution in [1.82, 2.24) is 10.6 Å². The molecule has 1 aromatic rings. The fraction of sp³-hybridized carbons (Fsp3) is 0.273. The first-order valence-electron chi connectivity index (χ1n) is 4.98. The van der Waals surface area contributed by atoms with Crippen LogP contribution < -0.4 is 10.6 Å². The van der Waals surface area contributed by atoms with Crippen LogP contribution in [0.4, 0.5) is 0 Å². The van der Waals surface area contributed by atoms with Crippen LogP contribution in [0.15, 0.2) is 29.2 Å². The van der Waals surface area contributed by atoms with Crippen LogP contribution in [0, 0.1) is 0 Å². The summed E-state index contributed by atoms with van der Waals surface area (Å²) in [5.74, 6) is -0.496. The molecule has 0 radical (unpaired) electrons. The largest absolute Gasteiger partial charge is 0.355 e. The highest BCUT2D eigenvalue weighted by molar-refractivity contribution is 7.80. The van der Waals surface area contributed by atoms with E-state index in [4.69, 9.17) is 0 Å². The molecule has 2 amide bonds. The highest BCUT2D eigenvalue weighted by atomic mass is 32.1. The Bertz CT molecular complexity index is 393. The first kappa shape index (κ1) is 12.6. The van der Waals surface area contributed by atoms with Crippen molar-refractivity contribution < 1.29 is 9.59 Å². The van der Waals surface area contributed by atoms with Crippen LogP contribution in [-0.2, 0) is 4.79 Å². The first-order valence-corrected chi connectivity index (χ1v) is 5.42. The third kappa shape index (κ3) is 3.58. The van der Waals surface area contributed by atoms with Crippen molar-refractivity contribution in [3.8, 4) is 0 Å². The lowest BCUT2D eigenvalue weighted by molar-refractivity contribution is -0.120. The maximum absolute atomic E-state index is 11.6. The summed E-state index contributed by atoms with van der Waals surface area (Å²) in [5.41, 5.74) is 0.468. The summed E-state index contributed by atoms with van der Waals surface area (Å²) in [6, 6.07) is 6.93. The number of hydrogen-bond acceptors (Lipinski definition) is 3. The molecule has 1 aromatic carbocycles. The molecule has 1 rings (SSSR count). The van der Waals surface area contributed by atoms with Crippen molar-refractivity contribution in [1.29, 1.82) is 0 Å². The Morgan fingerprint density at radius 2 is 1.94 bits per heavy atom. The van der Waals surface area contributed by atoms with Crippen LogP contribution in [0.5, 0.6) is 0 Å². The quantitative estimate of drug-likeness (QED) is 0.681. The Hall–Kier alpha value is -1.49. The Labute approximate surface area is 99.8 Å². The molecule has 0 aromatic heterocycles. The maximum atomic E-state index is 11.6. The van der Waals surface area contributed by atoms with E-state index in [1.165, 1.54) is 0 Å². The molecule has 4 nitrogen and oxygen atoms in total. The van der Waals surface area contributed by atoms with Crippen molar-refractivity contribution >= 4 is 24.4 Å². The molecule has 16 heavy (non-hydrogen) atoms. The van der Waals surface area contributed by atoms with Gasteiger partial charge in [0.05, 0.1) is 12.1 Å². The van der Waals surface area contributed by atoms with Crippen molar-refractivity contribution in [2.45, 2.75) is 11.8 Å². The van der Waals surface area contributed by atoms with E-state index in [0.717, 1.165) is 0 Å². The topological polar surface area (TPSA) is 58.2 Å². The highest BCUT2D eigenvalue weighted by Gasteiger charge is 2.09. The summed E-state index contributed by atoms with van der Waals surface area (Å²) in [5, 5.41) is 5.12. The highest BCUT2D eigenvalue weighted by Crippen LogP contribution is 2.12. The van der Waals surface area contributed by atoms with E-state index in [0.29, 0.717) is 17.0 Å². The van der Waals surface area contributed by atoms with Crippen LogP contribution in [0.3, 0.4) is 0 Å². The molecule has 2 N–H and O–H groups in total. The Morgan fingerprint density at radius 3 is 2.56 bits per heavy atom. The van der Waals surface area contributed by atoms with Gasteiger partial charge in [-0.15, -0.1) is 12.6 Å². The molecule has 0 spiro atoms. The molecule has 5 heteroatoms. The van der Waals surface area contributed by atoms with Gasteiger partial charge in [-0.05, 0) is 19.1 Å². The van der Waals surface area contributed by atoms with E-state index in [1.54, 1.807) is 24.3 Å². The summed E-state index contributed by atoms with van der Waals surface area (Å²) in [6.07, 6.45) is 0. The van der Waals surface area contributed by atoms with Gasteiger partial charge in [-0.25, -0.2) is 0 Å². The minimum absolute atomic E-state index is 0.0191. The van der Waals surface area contributed by atoms with Crippen molar-refractivity contribution in [3.05, 3.63) is 29.8 Å². The molecule has 0 aliphatic heterocycles. The fourth-order valence-electron chi connectivity index (χ4n) is 1.18. The van der Waals surface area contributed by atoms with Gasteiger partial charge in [0.2, 0.25) is 5.91 Å². The molecular weight excluding hydrogens is 224 g/mol. The predicted octanol–water partition coefficient (Wildman–Crippen LogP) is 0.841. The summed E-state index contributed by atoms with van der Waals surface area (Å²) >= 11 is 4.16. The molecule has 0 bridgehead atoms. The second-order valence-electron chi connectivity index (χ2n) is 3.15. The lowest BCUT2D eigenvalue weighted by Crippen LogP contribution is -2.36. The average molecular weight is 238 g/mol. The Balaban J connectivity index is 2.54. The molecule has 0 aliphatic rings. The second-order valence-corrected chi connectivity index (χ2v) is 3.64. The SMILES string of the molecule is CCNC(=O)CNC(=O)c1ccccc1S. The summed E-state index contributed by atoms with van der Waals surface area (Å²) in [4.78, 5) is 23.3. The zero-order valence-electron chi connectivity index (χ0n) is 8.99. The number of likely N-dealkylation sites (N-methyl/N-ethyl adjacent to an activating group) is 1. The van der Waals surface area contributed by atoms with E-state index in [1.807, 2.05) is 6.92 Å². The lowest BCUT2D eigenvalue weighted by atomic mass is 10.2. The minimum Gasteiger partial charge on any atom is -0.355 e. The van der Waals surface area contributed by atoms with Crippen LogP contribution in [0.25, 0.3) is 0 Å². The number of carbonyl (C=O) groups is 2. The third-order valence-electron chi connectivity index (χ3n) is 1.93. The van der Waals surface area contributed by atoms with E-state index in [-0.39, 0.29) is 18.4 Å². The molecule has 0 saturated heterocycles. The van der Waals surface area contributed by atoms with E-state index in [9.17, 15) is 9.59 Å². The van der Waals surface area contributed by atoms with Crippen LogP contribution in [0.2, 0.25) is 0 Å². The Morgan fingerprint density at radius 1 is 1.25 bits per heavy atom. The fourth-order valence-corrected chi connectivity index (χ4v) is 1.44. The summed E-state index contributed by atoms with van der Waals surface area (Å²) in [6.45, 7) is 2.36. The number of carbonyl (C=O) groups excluding carboxylic acids is 2. The minimum atomic E-state index is -0.295.